The molecule has 0 aliphatic carbocycles. The molecule has 7 heteroatoms. The molecule has 1 aromatic heterocycles. The summed E-state index contributed by atoms with van der Waals surface area (Å²) in [5.74, 6) is 1.39. The topological polar surface area (TPSA) is 85.4 Å². The van der Waals surface area contributed by atoms with Crippen molar-refractivity contribution in [2.45, 2.75) is 6.92 Å². The Morgan fingerprint density at radius 2 is 1.79 bits per heavy atom. The minimum Gasteiger partial charge on any atom is -0.455 e. The molecule has 144 valence electrons. The molecule has 2 N–H and O–H groups in total. The number of methoxy groups -OCH3 is 1. The third-order valence-electron chi connectivity index (χ3n) is 3.78. The molecule has 0 aliphatic rings. The molecule has 0 saturated heterocycles. The van der Waals surface area contributed by atoms with Crippen molar-refractivity contribution in [3.05, 3.63) is 72.1 Å². The lowest BCUT2D eigenvalue weighted by atomic mass is 10.3. The molecule has 0 spiro atoms. The summed E-state index contributed by atoms with van der Waals surface area (Å²) < 4.78 is 10.9. The van der Waals surface area contributed by atoms with Crippen LogP contribution in [0.3, 0.4) is 0 Å². The molecular weight excluding hydrogens is 356 g/mol. The number of benzene rings is 2. The second-order valence-electron chi connectivity index (χ2n) is 6.00. The van der Waals surface area contributed by atoms with E-state index in [9.17, 15) is 4.79 Å². The van der Waals surface area contributed by atoms with Gasteiger partial charge in [-0.1, -0.05) is 30.3 Å². The number of nitrogens with zero attached hydrogens (tertiary/aromatic N) is 2. The lowest BCUT2D eigenvalue weighted by molar-refractivity contribution is 0.0932. The number of nitrogens with one attached hydrogen (secondary N) is 2. The van der Waals surface area contributed by atoms with E-state index in [2.05, 4.69) is 20.6 Å². The fourth-order valence-corrected chi connectivity index (χ4v) is 2.49. The zero-order chi connectivity index (χ0) is 19.8. The minimum atomic E-state index is -0.278. The SMILES string of the molecule is COCCNC(=O)c1cc(C)nc(Nc2ccccc2Oc2ccccc2)n1. The van der Waals surface area contributed by atoms with Gasteiger partial charge in [0.2, 0.25) is 5.95 Å². The van der Waals surface area contributed by atoms with Gasteiger partial charge in [0, 0.05) is 19.3 Å². The maximum Gasteiger partial charge on any atom is 0.270 e. The summed E-state index contributed by atoms with van der Waals surface area (Å²) in [6, 6.07) is 18.6. The number of carbonyl (C=O) groups excluding carboxylic acids is 1. The molecule has 0 atom stereocenters. The molecule has 0 bridgehead atoms. The van der Waals surface area contributed by atoms with Gasteiger partial charge in [0.25, 0.3) is 5.91 Å². The van der Waals surface area contributed by atoms with Crippen LogP contribution in [0.1, 0.15) is 16.2 Å². The van der Waals surface area contributed by atoms with Gasteiger partial charge in [-0.3, -0.25) is 4.79 Å². The molecule has 28 heavy (non-hydrogen) atoms. The Balaban J connectivity index is 1.79. The summed E-state index contributed by atoms with van der Waals surface area (Å²) in [5, 5.41) is 5.90. The van der Waals surface area contributed by atoms with Crippen molar-refractivity contribution in [1.29, 1.82) is 0 Å². The highest BCUT2D eigenvalue weighted by Crippen LogP contribution is 2.30. The van der Waals surface area contributed by atoms with Gasteiger partial charge in [-0.25, -0.2) is 9.97 Å². The van der Waals surface area contributed by atoms with E-state index >= 15 is 0 Å². The number of amides is 1. The molecule has 0 unspecified atom stereocenters. The van der Waals surface area contributed by atoms with Gasteiger partial charge in [0.15, 0.2) is 5.75 Å². The maximum absolute atomic E-state index is 12.3. The lowest BCUT2D eigenvalue weighted by Gasteiger charge is -2.13. The van der Waals surface area contributed by atoms with Gasteiger partial charge >= 0.3 is 0 Å². The van der Waals surface area contributed by atoms with Crippen molar-refractivity contribution in [2.24, 2.45) is 0 Å². The van der Waals surface area contributed by atoms with Crippen LogP contribution in [-0.2, 0) is 4.74 Å². The number of ether oxygens (including phenoxy) is 2. The van der Waals surface area contributed by atoms with E-state index in [1.54, 1.807) is 13.2 Å². The summed E-state index contributed by atoms with van der Waals surface area (Å²) in [6.45, 7) is 2.66. The van der Waals surface area contributed by atoms with E-state index in [1.807, 2.05) is 61.5 Å². The van der Waals surface area contributed by atoms with Crippen LogP contribution in [0.25, 0.3) is 0 Å². The quantitative estimate of drug-likeness (QED) is 0.582. The molecule has 0 aliphatic heterocycles. The van der Waals surface area contributed by atoms with Crippen molar-refractivity contribution in [2.75, 3.05) is 25.6 Å². The Bertz CT molecular complexity index is 932. The predicted molar refractivity (Wildman–Crippen MR) is 107 cm³/mol. The van der Waals surface area contributed by atoms with Gasteiger partial charge in [0.05, 0.1) is 12.3 Å². The van der Waals surface area contributed by atoms with Crippen molar-refractivity contribution in [3.63, 3.8) is 0 Å². The van der Waals surface area contributed by atoms with Crippen molar-refractivity contribution >= 4 is 17.5 Å². The minimum absolute atomic E-state index is 0.278. The molecule has 7 nitrogen and oxygen atoms in total. The van der Waals surface area contributed by atoms with Crippen molar-refractivity contribution < 1.29 is 14.3 Å². The first-order valence-electron chi connectivity index (χ1n) is 8.87. The Morgan fingerprint density at radius 1 is 1.04 bits per heavy atom. The number of para-hydroxylation sites is 3. The number of hydrogen-bond acceptors (Lipinski definition) is 6. The first kappa shape index (κ1) is 19.3. The third-order valence-corrected chi connectivity index (χ3v) is 3.78. The van der Waals surface area contributed by atoms with Gasteiger partial charge in [0.1, 0.15) is 11.4 Å². The highest BCUT2D eigenvalue weighted by molar-refractivity contribution is 5.92. The maximum atomic E-state index is 12.3. The number of anilines is 2. The fourth-order valence-electron chi connectivity index (χ4n) is 2.49. The molecule has 1 amide bonds. The van der Waals surface area contributed by atoms with Crippen LogP contribution in [-0.4, -0.2) is 36.1 Å². The van der Waals surface area contributed by atoms with Crippen molar-refractivity contribution in [3.8, 4) is 11.5 Å². The number of rotatable bonds is 8. The van der Waals surface area contributed by atoms with E-state index in [-0.39, 0.29) is 11.6 Å². The van der Waals surface area contributed by atoms with Crippen LogP contribution in [0.2, 0.25) is 0 Å². The number of carbonyl (C=O) groups is 1. The lowest BCUT2D eigenvalue weighted by Crippen LogP contribution is -2.28. The normalized spacial score (nSPS) is 10.4. The zero-order valence-electron chi connectivity index (χ0n) is 15.8. The van der Waals surface area contributed by atoms with E-state index in [0.717, 1.165) is 5.75 Å². The number of aromatic nitrogens is 2. The Kier molecular flexibility index (Phi) is 6.54. The monoisotopic (exact) mass is 378 g/mol. The molecule has 2 aromatic carbocycles. The van der Waals surface area contributed by atoms with Crippen LogP contribution in [0.15, 0.2) is 60.7 Å². The van der Waals surface area contributed by atoms with E-state index in [4.69, 9.17) is 9.47 Å². The first-order valence-corrected chi connectivity index (χ1v) is 8.87. The zero-order valence-corrected chi connectivity index (χ0v) is 15.8. The second-order valence-corrected chi connectivity index (χ2v) is 6.00. The van der Waals surface area contributed by atoms with Gasteiger partial charge in [-0.05, 0) is 37.3 Å². The standard InChI is InChI=1S/C21H22N4O3/c1-15-14-18(20(26)22-12-13-27-2)25-21(23-15)24-17-10-6-7-11-19(17)28-16-8-4-3-5-9-16/h3-11,14H,12-13H2,1-2H3,(H,22,26)(H,23,24,25). The summed E-state index contributed by atoms with van der Waals surface area (Å²) in [7, 11) is 1.58. The van der Waals surface area contributed by atoms with E-state index in [0.29, 0.717) is 36.2 Å². The van der Waals surface area contributed by atoms with Crippen LogP contribution in [0.5, 0.6) is 11.5 Å². The molecule has 3 rings (SSSR count). The van der Waals surface area contributed by atoms with Gasteiger partial charge < -0.3 is 20.1 Å². The summed E-state index contributed by atoms with van der Waals surface area (Å²) in [6.07, 6.45) is 0. The number of hydrogen-bond donors (Lipinski definition) is 2. The Hall–Kier alpha value is -3.45. The van der Waals surface area contributed by atoms with Gasteiger partial charge in [-0.15, -0.1) is 0 Å². The molecule has 3 aromatic rings. The summed E-state index contributed by atoms with van der Waals surface area (Å²) in [4.78, 5) is 21.0. The third kappa shape index (κ3) is 5.28. The molecule has 0 saturated carbocycles. The summed E-state index contributed by atoms with van der Waals surface area (Å²) in [5.41, 5.74) is 1.66. The second kappa shape index (κ2) is 9.48. The van der Waals surface area contributed by atoms with Gasteiger partial charge in [-0.2, -0.15) is 0 Å². The molecule has 1 heterocycles. The Morgan fingerprint density at radius 3 is 2.57 bits per heavy atom. The van der Waals surface area contributed by atoms with Crippen LogP contribution >= 0.6 is 0 Å². The average molecular weight is 378 g/mol. The highest BCUT2D eigenvalue weighted by atomic mass is 16.5. The largest absolute Gasteiger partial charge is 0.455 e. The van der Waals surface area contributed by atoms with Crippen LogP contribution < -0.4 is 15.4 Å². The average Bonchev–Trinajstić information content (AvgIpc) is 2.70. The smallest absolute Gasteiger partial charge is 0.270 e. The Labute approximate surface area is 163 Å². The van der Waals surface area contributed by atoms with Crippen molar-refractivity contribution in [1.82, 2.24) is 15.3 Å². The molecular formula is C21H22N4O3. The first-order chi connectivity index (χ1) is 13.7. The summed E-state index contributed by atoms with van der Waals surface area (Å²) >= 11 is 0. The van der Waals surface area contributed by atoms with Crippen LogP contribution in [0.4, 0.5) is 11.6 Å². The highest BCUT2D eigenvalue weighted by Gasteiger charge is 2.12. The van der Waals surface area contributed by atoms with E-state index in [1.165, 1.54) is 0 Å². The molecule has 0 radical (unpaired) electrons. The molecule has 0 fully saturated rings. The number of aryl methyl sites for hydroxylation is 1. The fraction of sp³-hybridized carbons (Fsp3) is 0.190. The van der Waals surface area contributed by atoms with Crippen LogP contribution in [0, 0.1) is 6.92 Å². The van der Waals surface area contributed by atoms with E-state index < -0.39 is 0 Å². The predicted octanol–water partition coefficient (Wildman–Crippen LogP) is 3.70.